The number of hydrogen-bond acceptors (Lipinski definition) is 11. The summed E-state index contributed by atoms with van der Waals surface area (Å²) in [6.07, 6.45) is -0.00118. The van der Waals surface area contributed by atoms with Crippen molar-refractivity contribution in [3.05, 3.63) is 76.2 Å². The number of benzene rings is 2. The Labute approximate surface area is 258 Å². The van der Waals surface area contributed by atoms with E-state index in [9.17, 15) is 28.9 Å². The van der Waals surface area contributed by atoms with Crippen molar-refractivity contribution in [1.29, 1.82) is 0 Å². The fourth-order valence-electron chi connectivity index (χ4n) is 4.51. The second-order valence-electron chi connectivity index (χ2n) is 10.6. The summed E-state index contributed by atoms with van der Waals surface area (Å²) >= 11 is 1.08. The summed E-state index contributed by atoms with van der Waals surface area (Å²) in [4.78, 5) is 69.0. The number of likely N-dealkylation sites (tertiary alicyclic amines) is 1. The van der Waals surface area contributed by atoms with E-state index < -0.39 is 42.3 Å². The number of esters is 1. The maximum atomic E-state index is 12.7. The molecule has 44 heavy (non-hydrogen) atoms. The fourth-order valence-corrected chi connectivity index (χ4v) is 5.21. The Hall–Kier alpha value is -4.14. The van der Waals surface area contributed by atoms with Crippen molar-refractivity contribution in [2.75, 3.05) is 26.7 Å². The van der Waals surface area contributed by atoms with Crippen LogP contribution in [0.3, 0.4) is 0 Å². The van der Waals surface area contributed by atoms with Gasteiger partial charge < -0.3 is 30.1 Å². The minimum atomic E-state index is -2.74. The number of carbonyl (C=O) groups is 5. The van der Waals surface area contributed by atoms with Crippen LogP contribution in [0.5, 0.6) is 0 Å². The highest BCUT2D eigenvalue weighted by Gasteiger charge is 2.41. The molecule has 0 aliphatic carbocycles. The Balaban J connectivity index is 0.000000439. The smallest absolute Gasteiger partial charge is 0.336 e. The van der Waals surface area contributed by atoms with E-state index >= 15 is 0 Å². The Morgan fingerprint density at radius 1 is 0.955 bits per heavy atom. The number of ether oxygens (including phenoxy) is 1. The van der Waals surface area contributed by atoms with E-state index in [0.717, 1.165) is 43.4 Å². The average Bonchev–Trinajstić information content (AvgIpc) is 2.98. The lowest BCUT2D eigenvalue weighted by atomic mass is 9.93. The number of nitrogens with zero attached hydrogens (tertiary/aromatic N) is 2. The molecular weight excluding hydrogens is 596 g/mol. The minimum absolute atomic E-state index is 0.0781. The third kappa shape index (κ3) is 10.8. The summed E-state index contributed by atoms with van der Waals surface area (Å²) in [5, 5.41) is 33.8. The number of rotatable bonds is 14. The van der Waals surface area contributed by atoms with Crippen LogP contribution in [0.15, 0.2) is 59.2 Å². The number of carbonyl (C=O) groups excluding carboxylic acids is 2. The lowest BCUT2D eigenvalue weighted by molar-refractivity contribution is -0.170. The molecular formula is C30H36N2O11S. The first kappa shape index (κ1) is 36.1. The van der Waals surface area contributed by atoms with Gasteiger partial charge in [-0.05, 0) is 58.0 Å². The van der Waals surface area contributed by atoms with Gasteiger partial charge in [-0.2, -0.15) is 0 Å². The number of nitroso groups, excluding NO2 is 1. The van der Waals surface area contributed by atoms with Gasteiger partial charge in [0.25, 0.3) is 0 Å². The van der Waals surface area contributed by atoms with Gasteiger partial charge >= 0.3 is 23.9 Å². The first-order valence-electron chi connectivity index (χ1n) is 13.7. The highest BCUT2D eigenvalue weighted by atomic mass is 32.2. The number of piperidine rings is 1. The molecule has 1 fully saturated rings. The maximum absolute atomic E-state index is 12.7. The monoisotopic (exact) mass is 632 g/mol. The van der Waals surface area contributed by atoms with E-state index in [0.29, 0.717) is 17.5 Å². The largest absolute Gasteiger partial charge is 0.481 e. The molecule has 1 aliphatic rings. The van der Waals surface area contributed by atoms with E-state index in [1.807, 2.05) is 24.3 Å². The molecule has 0 bridgehead atoms. The molecule has 0 spiro atoms. The van der Waals surface area contributed by atoms with Gasteiger partial charge in [-0.25, -0.2) is 4.79 Å². The van der Waals surface area contributed by atoms with Crippen LogP contribution < -0.4 is 0 Å². The SMILES string of the molecule is CC(C(=O)OCCC1(SN=O)CCN(C)CC1)c1cccc(C(=O)c2ccccc2)c1.O=C(O)CC(O)(CC(=O)O)C(=O)O. The first-order valence-corrected chi connectivity index (χ1v) is 14.4. The van der Waals surface area contributed by atoms with Crippen molar-refractivity contribution in [3.63, 3.8) is 0 Å². The highest BCUT2D eigenvalue weighted by molar-refractivity contribution is 7.99. The summed E-state index contributed by atoms with van der Waals surface area (Å²) in [7, 11) is 2.06. The van der Waals surface area contributed by atoms with E-state index in [4.69, 9.17) is 25.2 Å². The van der Waals surface area contributed by atoms with Gasteiger partial charge in [0.2, 0.25) is 0 Å². The molecule has 0 saturated carbocycles. The Kier molecular flexibility index (Phi) is 13.6. The maximum Gasteiger partial charge on any atom is 0.336 e. The van der Waals surface area contributed by atoms with Gasteiger partial charge in [-0.3, -0.25) is 19.2 Å². The van der Waals surface area contributed by atoms with Crippen LogP contribution in [0.4, 0.5) is 0 Å². The van der Waals surface area contributed by atoms with Crippen molar-refractivity contribution in [2.45, 2.75) is 55.3 Å². The predicted octanol–water partition coefficient (Wildman–Crippen LogP) is 3.58. The predicted molar refractivity (Wildman–Crippen MR) is 160 cm³/mol. The Bertz CT molecular complexity index is 1310. The van der Waals surface area contributed by atoms with Crippen molar-refractivity contribution in [2.24, 2.45) is 4.58 Å². The summed E-state index contributed by atoms with van der Waals surface area (Å²) in [5.74, 6) is -5.93. The number of ketones is 1. The van der Waals surface area contributed by atoms with Gasteiger partial charge in [0.15, 0.2) is 11.4 Å². The molecule has 2 aromatic rings. The lowest BCUT2D eigenvalue weighted by Crippen LogP contribution is -2.42. The second kappa shape index (κ2) is 16.6. The van der Waals surface area contributed by atoms with E-state index in [1.54, 1.807) is 37.3 Å². The molecule has 1 unspecified atom stereocenters. The number of carboxylic acid groups (broad SMARTS) is 3. The molecule has 0 aromatic heterocycles. The summed E-state index contributed by atoms with van der Waals surface area (Å²) in [6, 6.07) is 16.2. The zero-order chi connectivity index (χ0) is 32.9. The summed E-state index contributed by atoms with van der Waals surface area (Å²) < 4.78 is 8.35. The van der Waals surface area contributed by atoms with Crippen molar-refractivity contribution < 1.29 is 49.1 Å². The van der Waals surface area contributed by atoms with Crippen LogP contribution in [0.1, 0.15) is 66.4 Å². The van der Waals surface area contributed by atoms with E-state index in [-0.39, 0.29) is 23.1 Å². The highest BCUT2D eigenvalue weighted by Crippen LogP contribution is 2.39. The molecule has 2 aromatic carbocycles. The van der Waals surface area contributed by atoms with Crippen LogP contribution in [-0.4, -0.2) is 92.1 Å². The summed E-state index contributed by atoms with van der Waals surface area (Å²) in [6.45, 7) is 3.82. The van der Waals surface area contributed by atoms with Gasteiger partial charge in [0, 0.05) is 32.4 Å². The molecule has 1 heterocycles. The third-order valence-electron chi connectivity index (χ3n) is 7.25. The molecule has 4 N–H and O–H groups in total. The second-order valence-corrected chi connectivity index (χ2v) is 11.8. The number of hydrogen-bond donors (Lipinski definition) is 4. The van der Waals surface area contributed by atoms with Crippen LogP contribution in [0, 0.1) is 4.91 Å². The van der Waals surface area contributed by atoms with Crippen molar-refractivity contribution in [1.82, 2.24) is 4.90 Å². The molecule has 13 nitrogen and oxygen atoms in total. The number of carboxylic acids is 3. The van der Waals surface area contributed by atoms with Gasteiger partial charge in [-0.15, -0.1) is 4.91 Å². The standard InChI is InChI=1S/C24H28N2O4S.C6H8O7/c1-18(20-9-6-10-21(17-20)22(27)19-7-4-3-5-8-19)23(28)30-16-13-24(31-25-29)11-14-26(2)15-12-24;7-3(8)1-6(13,5(11)12)2-4(9)10/h3-10,17-18H,11-16H2,1-2H3;13H,1-2H2,(H,7,8)(H,9,10)(H,11,12). The van der Waals surface area contributed by atoms with Crippen molar-refractivity contribution in [3.8, 4) is 0 Å². The van der Waals surface area contributed by atoms with Gasteiger partial charge in [0.1, 0.15) is 0 Å². The third-order valence-corrected chi connectivity index (χ3v) is 8.33. The van der Waals surface area contributed by atoms with E-state index in [1.165, 1.54) is 0 Å². The molecule has 3 rings (SSSR count). The zero-order valence-electron chi connectivity index (χ0n) is 24.4. The fraction of sp³-hybridized carbons (Fsp3) is 0.433. The van der Waals surface area contributed by atoms with Crippen molar-refractivity contribution >= 4 is 41.6 Å². The molecule has 238 valence electrons. The minimum Gasteiger partial charge on any atom is -0.481 e. The molecule has 0 radical (unpaired) electrons. The molecule has 0 amide bonds. The number of aliphatic hydroxyl groups is 1. The lowest BCUT2D eigenvalue weighted by Gasteiger charge is -2.37. The molecule has 1 aliphatic heterocycles. The zero-order valence-corrected chi connectivity index (χ0v) is 25.2. The summed E-state index contributed by atoms with van der Waals surface area (Å²) in [5.41, 5.74) is -0.844. The molecule has 1 atom stereocenters. The first-order chi connectivity index (χ1) is 20.7. The average molecular weight is 633 g/mol. The Morgan fingerprint density at radius 3 is 2.05 bits per heavy atom. The van der Waals surface area contributed by atoms with Crippen LogP contribution in [0.2, 0.25) is 0 Å². The van der Waals surface area contributed by atoms with Crippen LogP contribution >= 0.6 is 11.9 Å². The topological polar surface area (TPSA) is 208 Å². The normalized spacial score (nSPS) is 15.2. The van der Waals surface area contributed by atoms with Gasteiger partial charge in [-0.1, -0.05) is 48.5 Å². The molecule has 1 saturated heterocycles. The quantitative estimate of drug-likeness (QED) is 0.102. The van der Waals surface area contributed by atoms with Gasteiger partial charge in [0.05, 0.1) is 25.4 Å². The molecule has 14 heteroatoms. The Morgan fingerprint density at radius 2 is 1.52 bits per heavy atom. The van der Waals surface area contributed by atoms with Crippen LogP contribution in [-0.2, 0) is 23.9 Å². The number of aliphatic carboxylic acids is 3. The van der Waals surface area contributed by atoms with E-state index in [2.05, 4.69) is 16.5 Å². The van der Waals surface area contributed by atoms with Crippen LogP contribution in [0.25, 0.3) is 0 Å².